The van der Waals surface area contributed by atoms with Gasteiger partial charge < -0.3 is 14.6 Å². The van der Waals surface area contributed by atoms with Crippen molar-refractivity contribution < 1.29 is 18.3 Å². The maximum atomic E-state index is 12.7. The van der Waals surface area contributed by atoms with Crippen LogP contribution in [0.4, 0.5) is 8.78 Å². The third-order valence-corrected chi connectivity index (χ3v) is 4.49. The molecule has 0 atom stereocenters. The lowest BCUT2D eigenvalue weighted by molar-refractivity contribution is -0.0504. The molecule has 0 fully saturated rings. The Bertz CT molecular complexity index is 956. The third-order valence-electron chi connectivity index (χ3n) is 4.49. The van der Waals surface area contributed by atoms with Crippen LogP contribution in [0.15, 0.2) is 54.7 Å². The maximum Gasteiger partial charge on any atom is 0.387 e. The number of alkyl halides is 2. The number of pyridine rings is 1. The normalized spacial score (nSPS) is 10.9. The summed E-state index contributed by atoms with van der Waals surface area (Å²) in [6.07, 6.45) is 1.73. The molecule has 2 aromatic heterocycles. The van der Waals surface area contributed by atoms with Gasteiger partial charge >= 0.3 is 6.61 Å². The molecule has 0 saturated heterocycles. The Morgan fingerprint density at radius 1 is 1.18 bits per heavy atom. The maximum absolute atomic E-state index is 12.7. The minimum absolute atomic E-state index is 0.0541. The van der Waals surface area contributed by atoms with Crippen molar-refractivity contribution >= 4 is 5.91 Å². The molecule has 0 aliphatic rings. The number of ether oxygens (including phenoxy) is 1. The zero-order valence-electron chi connectivity index (χ0n) is 15.7. The van der Waals surface area contributed by atoms with Crippen molar-refractivity contribution in [3.05, 3.63) is 82.9 Å². The van der Waals surface area contributed by atoms with Crippen LogP contribution in [0.3, 0.4) is 0 Å². The molecule has 146 valence electrons. The molecule has 0 saturated carbocycles. The van der Waals surface area contributed by atoms with Crippen molar-refractivity contribution in [2.45, 2.75) is 33.5 Å². The lowest BCUT2D eigenvalue weighted by Gasteiger charge is -2.12. The van der Waals surface area contributed by atoms with E-state index in [2.05, 4.69) is 15.0 Å². The highest BCUT2D eigenvalue weighted by atomic mass is 19.3. The van der Waals surface area contributed by atoms with Crippen LogP contribution in [0.2, 0.25) is 0 Å². The van der Waals surface area contributed by atoms with E-state index in [0.29, 0.717) is 17.7 Å². The lowest BCUT2D eigenvalue weighted by Crippen LogP contribution is -2.24. The Labute approximate surface area is 162 Å². The van der Waals surface area contributed by atoms with Gasteiger partial charge in [0.2, 0.25) is 0 Å². The number of carbonyl (C=O) groups excluding carboxylic acids is 1. The molecule has 0 aliphatic heterocycles. The minimum Gasteiger partial charge on any atom is -0.434 e. The standard InChI is InChI=1S/C21H21F2N3O2/c1-14-11-18(15(2)26(14)13-17-8-5-6-10-24-17)20(27)25-12-16-7-3-4-9-19(16)28-21(22)23/h3-11,21H,12-13H2,1-2H3,(H,25,27). The second-order valence-corrected chi connectivity index (χ2v) is 6.36. The van der Waals surface area contributed by atoms with E-state index in [1.807, 2.05) is 42.7 Å². The minimum atomic E-state index is -2.91. The van der Waals surface area contributed by atoms with Crippen LogP contribution in [-0.2, 0) is 13.1 Å². The van der Waals surface area contributed by atoms with Crippen molar-refractivity contribution in [2.75, 3.05) is 0 Å². The molecule has 28 heavy (non-hydrogen) atoms. The average Bonchev–Trinajstić information content (AvgIpc) is 2.96. The van der Waals surface area contributed by atoms with Crippen LogP contribution in [0.1, 0.15) is 33.0 Å². The number of amides is 1. The van der Waals surface area contributed by atoms with Crippen molar-refractivity contribution in [3.8, 4) is 5.75 Å². The second-order valence-electron chi connectivity index (χ2n) is 6.36. The zero-order valence-corrected chi connectivity index (χ0v) is 15.7. The number of hydrogen-bond acceptors (Lipinski definition) is 3. The Hall–Kier alpha value is -3.22. The first-order valence-corrected chi connectivity index (χ1v) is 8.83. The molecule has 0 aliphatic carbocycles. The fourth-order valence-corrected chi connectivity index (χ4v) is 3.06. The predicted molar refractivity (Wildman–Crippen MR) is 101 cm³/mol. The van der Waals surface area contributed by atoms with E-state index in [1.54, 1.807) is 24.4 Å². The summed E-state index contributed by atoms with van der Waals surface area (Å²) in [4.78, 5) is 17.0. The van der Waals surface area contributed by atoms with E-state index in [9.17, 15) is 13.6 Å². The van der Waals surface area contributed by atoms with Gasteiger partial charge in [-0.1, -0.05) is 24.3 Å². The molecule has 1 aromatic carbocycles. The summed E-state index contributed by atoms with van der Waals surface area (Å²) < 4.78 is 31.6. The predicted octanol–water partition coefficient (Wildman–Crippen LogP) is 4.08. The molecule has 3 rings (SSSR count). The van der Waals surface area contributed by atoms with Crippen molar-refractivity contribution in [3.63, 3.8) is 0 Å². The van der Waals surface area contributed by atoms with Crippen LogP contribution >= 0.6 is 0 Å². The van der Waals surface area contributed by atoms with Gasteiger partial charge in [0.05, 0.1) is 17.8 Å². The van der Waals surface area contributed by atoms with Gasteiger partial charge in [0.15, 0.2) is 0 Å². The van der Waals surface area contributed by atoms with E-state index in [1.165, 1.54) is 6.07 Å². The van der Waals surface area contributed by atoms with Crippen molar-refractivity contribution in [1.82, 2.24) is 14.9 Å². The summed E-state index contributed by atoms with van der Waals surface area (Å²) in [7, 11) is 0. The molecular weight excluding hydrogens is 364 g/mol. The smallest absolute Gasteiger partial charge is 0.387 e. The average molecular weight is 385 g/mol. The zero-order chi connectivity index (χ0) is 20.1. The molecule has 0 radical (unpaired) electrons. The summed E-state index contributed by atoms with van der Waals surface area (Å²) in [5, 5.41) is 2.78. The van der Waals surface area contributed by atoms with Crippen molar-refractivity contribution in [2.24, 2.45) is 0 Å². The topological polar surface area (TPSA) is 56.1 Å². The van der Waals surface area contributed by atoms with Crippen LogP contribution in [0.5, 0.6) is 5.75 Å². The lowest BCUT2D eigenvalue weighted by atomic mass is 10.2. The summed E-state index contributed by atoms with van der Waals surface area (Å²) in [5.74, 6) is -0.217. The first-order valence-electron chi connectivity index (χ1n) is 8.83. The molecule has 1 amide bonds. The Kier molecular flexibility index (Phi) is 6.03. The van der Waals surface area contributed by atoms with Crippen LogP contribution in [0.25, 0.3) is 0 Å². The molecule has 0 unspecified atom stereocenters. The van der Waals surface area contributed by atoms with Crippen LogP contribution in [0, 0.1) is 13.8 Å². The second kappa shape index (κ2) is 8.65. The number of nitrogens with one attached hydrogen (secondary N) is 1. The number of carbonyl (C=O) groups is 1. The molecule has 7 heteroatoms. The Morgan fingerprint density at radius 2 is 1.93 bits per heavy atom. The van der Waals surface area contributed by atoms with Crippen LogP contribution in [-0.4, -0.2) is 22.1 Å². The number of halogens is 2. The van der Waals surface area contributed by atoms with Gasteiger partial charge in [0, 0.05) is 29.7 Å². The van der Waals surface area contributed by atoms with E-state index in [-0.39, 0.29) is 18.2 Å². The van der Waals surface area contributed by atoms with E-state index < -0.39 is 6.61 Å². The fraction of sp³-hybridized carbons (Fsp3) is 0.238. The highest BCUT2D eigenvalue weighted by molar-refractivity contribution is 5.95. The number of hydrogen-bond donors (Lipinski definition) is 1. The van der Waals surface area contributed by atoms with Gasteiger partial charge in [-0.3, -0.25) is 9.78 Å². The summed E-state index contributed by atoms with van der Waals surface area (Å²) in [5.41, 5.74) is 3.68. The highest BCUT2D eigenvalue weighted by Crippen LogP contribution is 2.21. The molecular formula is C21H21F2N3O2. The Balaban J connectivity index is 1.73. The van der Waals surface area contributed by atoms with Gasteiger partial charge in [-0.2, -0.15) is 8.78 Å². The molecule has 1 N–H and O–H groups in total. The number of para-hydroxylation sites is 1. The van der Waals surface area contributed by atoms with E-state index in [4.69, 9.17) is 0 Å². The summed E-state index contributed by atoms with van der Waals surface area (Å²) >= 11 is 0. The molecule has 0 bridgehead atoms. The number of nitrogens with zero attached hydrogens (tertiary/aromatic N) is 2. The van der Waals surface area contributed by atoms with Gasteiger partial charge in [0.25, 0.3) is 5.91 Å². The summed E-state index contributed by atoms with van der Waals surface area (Å²) in [6, 6.07) is 13.9. The molecule has 3 aromatic rings. The number of aryl methyl sites for hydroxylation is 1. The summed E-state index contributed by atoms with van der Waals surface area (Å²) in [6.45, 7) is 1.54. The van der Waals surface area contributed by atoms with Crippen LogP contribution < -0.4 is 10.1 Å². The SMILES string of the molecule is Cc1cc(C(=O)NCc2ccccc2OC(F)F)c(C)n1Cc1ccccn1. The quantitative estimate of drug-likeness (QED) is 0.667. The third kappa shape index (κ3) is 4.54. The fourth-order valence-electron chi connectivity index (χ4n) is 3.06. The van der Waals surface area contributed by atoms with Gasteiger partial charge in [-0.05, 0) is 38.1 Å². The number of benzene rings is 1. The molecule has 2 heterocycles. The van der Waals surface area contributed by atoms with Gasteiger partial charge in [-0.25, -0.2) is 0 Å². The largest absolute Gasteiger partial charge is 0.434 e. The van der Waals surface area contributed by atoms with E-state index >= 15 is 0 Å². The van der Waals surface area contributed by atoms with Gasteiger partial charge in [-0.15, -0.1) is 0 Å². The first-order chi connectivity index (χ1) is 13.5. The molecule has 5 nitrogen and oxygen atoms in total. The number of rotatable bonds is 7. The van der Waals surface area contributed by atoms with Crippen molar-refractivity contribution in [1.29, 1.82) is 0 Å². The molecule has 0 spiro atoms. The Morgan fingerprint density at radius 3 is 2.64 bits per heavy atom. The number of aromatic nitrogens is 2. The van der Waals surface area contributed by atoms with E-state index in [0.717, 1.165) is 17.1 Å². The monoisotopic (exact) mass is 385 g/mol. The first kappa shape index (κ1) is 19.5. The highest BCUT2D eigenvalue weighted by Gasteiger charge is 2.17. The van der Waals surface area contributed by atoms with Gasteiger partial charge in [0.1, 0.15) is 5.75 Å².